The number of nitrogens with zero attached hydrogens (tertiary/aromatic N) is 1. The van der Waals surface area contributed by atoms with Crippen molar-refractivity contribution in [2.75, 3.05) is 0 Å². The van der Waals surface area contributed by atoms with Crippen LogP contribution in [0.1, 0.15) is 25.7 Å². The van der Waals surface area contributed by atoms with Gasteiger partial charge in [-0.05, 0) is 31.6 Å². The molecule has 2 atom stereocenters. The normalized spacial score (nSPS) is 33.5. The highest BCUT2D eigenvalue weighted by Gasteiger charge is 2.44. The molecule has 0 spiro atoms. The maximum Gasteiger partial charge on any atom is 0.306 e. The summed E-state index contributed by atoms with van der Waals surface area (Å²) in [4.78, 5) is 24.0. The van der Waals surface area contributed by atoms with E-state index in [9.17, 15) is 9.59 Å². The van der Waals surface area contributed by atoms with Crippen LogP contribution in [0.15, 0.2) is 0 Å². The average molecular weight is 207 g/mol. The summed E-state index contributed by atoms with van der Waals surface area (Å²) < 4.78 is 0. The van der Waals surface area contributed by atoms with Crippen LogP contribution in [0, 0.1) is 18.3 Å². The summed E-state index contributed by atoms with van der Waals surface area (Å²) in [5.74, 6) is 0.782. The van der Waals surface area contributed by atoms with Gasteiger partial charge in [-0.1, -0.05) is 0 Å². The molecule has 4 heteroatoms. The zero-order valence-electron chi connectivity index (χ0n) is 8.35. The van der Waals surface area contributed by atoms with E-state index >= 15 is 0 Å². The molecule has 1 N–H and O–H groups in total. The third-order valence-electron chi connectivity index (χ3n) is 3.44. The van der Waals surface area contributed by atoms with Crippen LogP contribution in [0.25, 0.3) is 0 Å². The molecule has 2 rings (SSSR count). The van der Waals surface area contributed by atoms with Crippen LogP contribution in [-0.4, -0.2) is 34.0 Å². The largest absolute Gasteiger partial charge is 0.481 e. The quantitative estimate of drug-likeness (QED) is 0.636. The monoisotopic (exact) mass is 207 g/mol. The van der Waals surface area contributed by atoms with E-state index in [0.717, 1.165) is 12.8 Å². The second kappa shape index (κ2) is 3.58. The molecule has 2 fully saturated rings. The number of hydrogen-bond donors (Lipinski definition) is 1. The molecule has 0 saturated carbocycles. The Morgan fingerprint density at radius 2 is 1.80 bits per heavy atom. The molecule has 0 aromatic carbocycles. The van der Waals surface area contributed by atoms with Crippen LogP contribution < -0.4 is 0 Å². The van der Waals surface area contributed by atoms with Gasteiger partial charge < -0.3 is 10.0 Å². The number of carbonyl (C=O) groups excluding carboxylic acids is 1. The third kappa shape index (κ3) is 1.58. The Kier molecular flexibility index (Phi) is 2.39. The second-order valence-electron chi connectivity index (χ2n) is 4.25. The van der Waals surface area contributed by atoms with E-state index in [4.69, 9.17) is 11.5 Å². The number of terminal acetylenes is 1. The number of carbonyl (C=O) groups is 2. The van der Waals surface area contributed by atoms with Crippen molar-refractivity contribution < 1.29 is 14.7 Å². The van der Waals surface area contributed by atoms with Crippen LogP contribution in [0.4, 0.5) is 0 Å². The van der Waals surface area contributed by atoms with Gasteiger partial charge in [0.1, 0.15) is 0 Å². The van der Waals surface area contributed by atoms with Crippen LogP contribution in [-0.2, 0) is 9.59 Å². The first-order valence-electron chi connectivity index (χ1n) is 5.15. The van der Waals surface area contributed by atoms with Gasteiger partial charge >= 0.3 is 5.97 Å². The lowest BCUT2D eigenvalue weighted by atomic mass is 9.91. The molecule has 80 valence electrons. The van der Waals surface area contributed by atoms with Crippen LogP contribution in [0.5, 0.6) is 0 Å². The second-order valence-corrected chi connectivity index (χ2v) is 4.25. The molecule has 15 heavy (non-hydrogen) atoms. The molecule has 2 unspecified atom stereocenters. The fourth-order valence-corrected chi connectivity index (χ4v) is 2.78. The standard InChI is InChI=1S/C11H13NO3/c1-2-10(13)12-8-3-4-9(12)6-7(5-8)11(14)15/h1,7-9H,3-6H2,(H,14,15). The number of rotatable bonds is 1. The van der Waals surface area contributed by atoms with Gasteiger partial charge in [0.2, 0.25) is 0 Å². The lowest BCUT2D eigenvalue weighted by molar-refractivity contribution is -0.146. The summed E-state index contributed by atoms with van der Waals surface area (Å²) in [6.45, 7) is 0. The van der Waals surface area contributed by atoms with Gasteiger partial charge in [-0.2, -0.15) is 0 Å². The van der Waals surface area contributed by atoms with Crippen LogP contribution in [0.3, 0.4) is 0 Å². The Labute approximate surface area is 88.3 Å². The first-order valence-corrected chi connectivity index (χ1v) is 5.15. The van der Waals surface area contributed by atoms with Crippen molar-refractivity contribution in [1.29, 1.82) is 0 Å². The average Bonchev–Trinajstić information content (AvgIpc) is 2.47. The lowest BCUT2D eigenvalue weighted by Gasteiger charge is -2.36. The molecule has 0 radical (unpaired) electrons. The highest BCUT2D eigenvalue weighted by Crippen LogP contribution is 2.38. The first-order chi connectivity index (χ1) is 7.13. The van der Waals surface area contributed by atoms with Crippen LogP contribution >= 0.6 is 0 Å². The topological polar surface area (TPSA) is 57.6 Å². The number of carboxylic acid groups (broad SMARTS) is 1. The van der Waals surface area contributed by atoms with Gasteiger partial charge in [-0.3, -0.25) is 9.59 Å². The van der Waals surface area contributed by atoms with E-state index < -0.39 is 5.97 Å². The van der Waals surface area contributed by atoms with E-state index in [2.05, 4.69) is 5.92 Å². The van der Waals surface area contributed by atoms with Crippen LogP contribution in [0.2, 0.25) is 0 Å². The number of aliphatic carboxylic acids is 1. The highest BCUT2D eigenvalue weighted by molar-refractivity contribution is 5.93. The predicted octanol–water partition coefficient (Wildman–Crippen LogP) is 0.474. The van der Waals surface area contributed by atoms with Crippen molar-refractivity contribution in [1.82, 2.24) is 4.90 Å². The molecule has 4 nitrogen and oxygen atoms in total. The van der Waals surface area contributed by atoms with Gasteiger partial charge in [0, 0.05) is 12.1 Å². The summed E-state index contributed by atoms with van der Waals surface area (Å²) in [5, 5.41) is 8.94. The molecule has 0 aromatic heterocycles. The van der Waals surface area contributed by atoms with E-state index in [1.807, 2.05) is 0 Å². The first kappa shape index (κ1) is 10.0. The maximum absolute atomic E-state index is 11.4. The fraction of sp³-hybridized carbons (Fsp3) is 0.636. The minimum atomic E-state index is -0.750. The van der Waals surface area contributed by atoms with Crippen molar-refractivity contribution in [2.24, 2.45) is 5.92 Å². The SMILES string of the molecule is C#CC(=O)N1C2CCC1CC(C(=O)O)C2. The Balaban J connectivity index is 2.14. The van der Waals surface area contributed by atoms with Gasteiger partial charge in [-0.15, -0.1) is 6.42 Å². The Morgan fingerprint density at radius 3 is 2.20 bits per heavy atom. The summed E-state index contributed by atoms with van der Waals surface area (Å²) >= 11 is 0. The van der Waals surface area contributed by atoms with Crippen molar-refractivity contribution >= 4 is 11.9 Å². The lowest BCUT2D eigenvalue weighted by Crippen LogP contribution is -2.47. The number of amides is 1. The minimum Gasteiger partial charge on any atom is -0.481 e. The summed E-state index contributed by atoms with van der Waals surface area (Å²) in [5.41, 5.74) is 0. The predicted molar refractivity (Wildman–Crippen MR) is 52.8 cm³/mol. The molecular weight excluding hydrogens is 194 g/mol. The zero-order chi connectivity index (χ0) is 11.0. The smallest absolute Gasteiger partial charge is 0.306 e. The van der Waals surface area contributed by atoms with E-state index in [-0.39, 0.29) is 23.9 Å². The van der Waals surface area contributed by atoms with Crippen molar-refractivity contribution in [3.8, 4) is 12.3 Å². The maximum atomic E-state index is 11.4. The zero-order valence-corrected chi connectivity index (χ0v) is 8.35. The van der Waals surface area contributed by atoms with E-state index in [1.165, 1.54) is 0 Å². The molecule has 2 saturated heterocycles. The Hall–Kier alpha value is -1.50. The van der Waals surface area contributed by atoms with Gasteiger partial charge in [0.15, 0.2) is 0 Å². The molecule has 1 amide bonds. The van der Waals surface area contributed by atoms with E-state index in [0.29, 0.717) is 12.8 Å². The van der Waals surface area contributed by atoms with Crippen molar-refractivity contribution in [2.45, 2.75) is 37.8 Å². The minimum absolute atomic E-state index is 0.0494. The molecular formula is C11H13NO3. The summed E-state index contributed by atoms with van der Waals surface area (Å²) in [6.07, 6.45) is 7.98. The molecule has 0 aromatic rings. The summed E-state index contributed by atoms with van der Waals surface area (Å²) in [6, 6.07) is 0.0989. The van der Waals surface area contributed by atoms with Crippen molar-refractivity contribution in [3.63, 3.8) is 0 Å². The number of fused-ring (bicyclic) bond motifs is 2. The summed E-state index contributed by atoms with van der Waals surface area (Å²) in [7, 11) is 0. The van der Waals surface area contributed by atoms with Gasteiger partial charge in [-0.25, -0.2) is 0 Å². The molecule has 2 aliphatic heterocycles. The molecule has 2 aliphatic rings. The fourth-order valence-electron chi connectivity index (χ4n) is 2.78. The Morgan fingerprint density at radius 1 is 1.27 bits per heavy atom. The van der Waals surface area contributed by atoms with Gasteiger partial charge in [0.25, 0.3) is 5.91 Å². The molecule has 0 aliphatic carbocycles. The van der Waals surface area contributed by atoms with Crippen molar-refractivity contribution in [3.05, 3.63) is 0 Å². The molecule has 2 heterocycles. The van der Waals surface area contributed by atoms with E-state index in [1.54, 1.807) is 4.90 Å². The highest BCUT2D eigenvalue weighted by atomic mass is 16.4. The Bertz CT molecular complexity index is 330. The number of piperidine rings is 1. The number of hydrogen-bond acceptors (Lipinski definition) is 2. The number of carboxylic acids is 1. The molecule has 2 bridgehead atoms. The third-order valence-corrected chi connectivity index (χ3v) is 3.44. The van der Waals surface area contributed by atoms with Gasteiger partial charge in [0.05, 0.1) is 5.92 Å².